The molecule has 0 amide bonds. The van der Waals surface area contributed by atoms with Gasteiger partial charge in [-0.3, -0.25) is 4.90 Å². The summed E-state index contributed by atoms with van der Waals surface area (Å²) in [6, 6.07) is 10.1. The van der Waals surface area contributed by atoms with E-state index in [1.54, 1.807) is 4.68 Å². The normalized spacial score (nSPS) is 17.6. The minimum atomic E-state index is 0.261. The van der Waals surface area contributed by atoms with Crippen LogP contribution in [-0.4, -0.2) is 64.0 Å². The molecule has 1 aliphatic rings. The van der Waals surface area contributed by atoms with Gasteiger partial charge in [0.1, 0.15) is 0 Å². The highest BCUT2D eigenvalue weighted by Gasteiger charge is 2.16. The van der Waals surface area contributed by atoms with Crippen molar-refractivity contribution in [3.05, 3.63) is 30.3 Å². The van der Waals surface area contributed by atoms with Crippen molar-refractivity contribution in [3.63, 3.8) is 0 Å². The first kappa shape index (κ1) is 14.0. The SMILES string of the molecule is CC(CN1CCOCC1)Nc1nnnn1-c1ccccc1. The van der Waals surface area contributed by atoms with Crippen LogP contribution in [-0.2, 0) is 4.74 Å². The number of ether oxygens (including phenoxy) is 1. The quantitative estimate of drug-likeness (QED) is 0.877. The molecule has 1 aliphatic heterocycles. The largest absolute Gasteiger partial charge is 0.379 e. The summed E-state index contributed by atoms with van der Waals surface area (Å²) < 4.78 is 7.08. The molecule has 0 spiro atoms. The van der Waals surface area contributed by atoms with Crippen molar-refractivity contribution in [3.8, 4) is 5.69 Å². The molecule has 1 aromatic carbocycles. The van der Waals surface area contributed by atoms with Crippen LogP contribution in [0.1, 0.15) is 6.92 Å². The van der Waals surface area contributed by atoms with Crippen LogP contribution in [0, 0.1) is 0 Å². The Morgan fingerprint density at radius 1 is 1.24 bits per heavy atom. The van der Waals surface area contributed by atoms with E-state index in [1.165, 1.54) is 0 Å². The van der Waals surface area contributed by atoms with Gasteiger partial charge >= 0.3 is 0 Å². The number of anilines is 1. The molecule has 112 valence electrons. The first-order valence-corrected chi connectivity index (χ1v) is 7.23. The average Bonchev–Trinajstić information content (AvgIpc) is 2.97. The van der Waals surface area contributed by atoms with Crippen molar-refractivity contribution in [2.24, 2.45) is 0 Å². The molecule has 1 saturated heterocycles. The van der Waals surface area contributed by atoms with Crippen LogP contribution in [0.5, 0.6) is 0 Å². The molecule has 7 nitrogen and oxygen atoms in total. The molecule has 0 radical (unpaired) electrons. The second-order valence-electron chi connectivity index (χ2n) is 5.21. The first-order chi connectivity index (χ1) is 10.3. The van der Waals surface area contributed by atoms with Gasteiger partial charge in [-0.15, -0.1) is 0 Å². The van der Waals surface area contributed by atoms with Crippen molar-refractivity contribution in [2.75, 3.05) is 38.2 Å². The van der Waals surface area contributed by atoms with Crippen LogP contribution < -0.4 is 5.32 Å². The summed E-state index contributed by atoms with van der Waals surface area (Å²) in [6.45, 7) is 6.68. The minimum absolute atomic E-state index is 0.261. The van der Waals surface area contributed by atoms with Gasteiger partial charge in [-0.25, -0.2) is 0 Å². The van der Waals surface area contributed by atoms with E-state index in [0.717, 1.165) is 38.5 Å². The summed E-state index contributed by atoms with van der Waals surface area (Å²) in [7, 11) is 0. The Balaban J connectivity index is 1.64. The van der Waals surface area contributed by atoms with Crippen LogP contribution in [0.4, 0.5) is 5.95 Å². The lowest BCUT2D eigenvalue weighted by molar-refractivity contribution is 0.0367. The lowest BCUT2D eigenvalue weighted by Crippen LogP contribution is -2.42. The van der Waals surface area contributed by atoms with Crippen LogP contribution >= 0.6 is 0 Å². The van der Waals surface area contributed by atoms with Gasteiger partial charge in [-0.1, -0.05) is 23.3 Å². The van der Waals surface area contributed by atoms with Crippen molar-refractivity contribution in [2.45, 2.75) is 13.0 Å². The minimum Gasteiger partial charge on any atom is -0.379 e. The molecule has 2 aromatic rings. The number of nitrogens with one attached hydrogen (secondary N) is 1. The van der Waals surface area contributed by atoms with E-state index in [-0.39, 0.29) is 6.04 Å². The lowest BCUT2D eigenvalue weighted by atomic mass is 10.3. The molecule has 1 fully saturated rings. The topological polar surface area (TPSA) is 68.1 Å². The third-order valence-corrected chi connectivity index (χ3v) is 3.48. The molecular formula is C14H20N6O. The van der Waals surface area contributed by atoms with E-state index in [0.29, 0.717) is 5.95 Å². The van der Waals surface area contributed by atoms with Crippen LogP contribution in [0.15, 0.2) is 30.3 Å². The molecule has 1 aromatic heterocycles. The average molecular weight is 288 g/mol. The molecule has 2 heterocycles. The summed E-state index contributed by atoms with van der Waals surface area (Å²) in [4.78, 5) is 2.39. The summed E-state index contributed by atoms with van der Waals surface area (Å²) in [5, 5.41) is 15.3. The highest BCUT2D eigenvalue weighted by molar-refractivity contribution is 5.38. The molecule has 0 aliphatic carbocycles. The van der Waals surface area contributed by atoms with Gasteiger partial charge in [0, 0.05) is 25.7 Å². The molecule has 0 saturated carbocycles. The number of aromatic nitrogens is 4. The zero-order valence-corrected chi connectivity index (χ0v) is 12.1. The fraction of sp³-hybridized carbons (Fsp3) is 0.500. The predicted molar refractivity (Wildman–Crippen MR) is 79.5 cm³/mol. The summed E-state index contributed by atoms with van der Waals surface area (Å²) in [5.74, 6) is 0.668. The van der Waals surface area contributed by atoms with Gasteiger partial charge in [0.05, 0.1) is 18.9 Å². The van der Waals surface area contributed by atoms with E-state index in [9.17, 15) is 0 Å². The fourth-order valence-corrected chi connectivity index (χ4v) is 2.46. The summed E-state index contributed by atoms with van der Waals surface area (Å²) in [6.07, 6.45) is 0. The second kappa shape index (κ2) is 6.64. The maximum Gasteiger partial charge on any atom is 0.248 e. The highest BCUT2D eigenvalue weighted by atomic mass is 16.5. The monoisotopic (exact) mass is 288 g/mol. The maximum absolute atomic E-state index is 5.37. The summed E-state index contributed by atoms with van der Waals surface area (Å²) >= 11 is 0. The zero-order chi connectivity index (χ0) is 14.5. The molecular weight excluding hydrogens is 268 g/mol. The number of morpholine rings is 1. The Hall–Kier alpha value is -1.99. The van der Waals surface area contributed by atoms with Crippen LogP contribution in [0.2, 0.25) is 0 Å². The first-order valence-electron chi connectivity index (χ1n) is 7.23. The van der Waals surface area contributed by atoms with E-state index < -0.39 is 0 Å². The number of tetrazole rings is 1. The number of hydrogen-bond donors (Lipinski definition) is 1. The Kier molecular flexibility index (Phi) is 4.42. The van der Waals surface area contributed by atoms with Gasteiger partial charge in [-0.05, 0) is 29.5 Å². The van der Waals surface area contributed by atoms with E-state index in [1.807, 2.05) is 30.3 Å². The standard InChI is InChI=1S/C14H20N6O/c1-12(11-19-7-9-21-10-8-19)15-14-16-17-18-20(14)13-5-3-2-4-6-13/h2-6,12H,7-11H2,1H3,(H,15,16,18). The summed E-state index contributed by atoms with van der Waals surface area (Å²) in [5.41, 5.74) is 0.948. The smallest absolute Gasteiger partial charge is 0.248 e. The molecule has 21 heavy (non-hydrogen) atoms. The van der Waals surface area contributed by atoms with Crippen molar-refractivity contribution in [1.29, 1.82) is 0 Å². The maximum atomic E-state index is 5.37. The van der Waals surface area contributed by atoms with E-state index >= 15 is 0 Å². The van der Waals surface area contributed by atoms with Crippen molar-refractivity contribution >= 4 is 5.95 Å². The fourth-order valence-electron chi connectivity index (χ4n) is 2.46. The molecule has 7 heteroatoms. The Morgan fingerprint density at radius 2 is 2.00 bits per heavy atom. The molecule has 3 rings (SSSR count). The Labute approximate surface area is 123 Å². The van der Waals surface area contributed by atoms with Crippen molar-refractivity contribution in [1.82, 2.24) is 25.1 Å². The second-order valence-corrected chi connectivity index (χ2v) is 5.21. The number of rotatable bonds is 5. The molecule has 1 unspecified atom stereocenters. The number of para-hydroxylation sites is 1. The number of nitrogens with zero attached hydrogens (tertiary/aromatic N) is 5. The van der Waals surface area contributed by atoms with Gasteiger partial charge in [0.25, 0.3) is 0 Å². The van der Waals surface area contributed by atoms with Gasteiger partial charge < -0.3 is 10.1 Å². The Bertz CT molecular complexity index is 552. The van der Waals surface area contributed by atoms with Gasteiger partial charge in [0.15, 0.2) is 0 Å². The Morgan fingerprint density at radius 3 is 2.76 bits per heavy atom. The highest BCUT2D eigenvalue weighted by Crippen LogP contribution is 2.12. The third-order valence-electron chi connectivity index (χ3n) is 3.48. The lowest BCUT2D eigenvalue weighted by Gasteiger charge is -2.29. The van der Waals surface area contributed by atoms with E-state index in [2.05, 4.69) is 32.7 Å². The zero-order valence-electron chi connectivity index (χ0n) is 12.1. The van der Waals surface area contributed by atoms with Crippen LogP contribution in [0.25, 0.3) is 5.69 Å². The number of hydrogen-bond acceptors (Lipinski definition) is 6. The van der Waals surface area contributed by atoms with E-state index in [4.69, 9.17) is 4.74 Å². The molecule has 0 bridgehead atoms. The predicted octanol–water partition coefficient (Wildman–Crippen LogP) is 0.795. The molecule has 1 atom stereocenters. The van der Waals surface area contributed by atoms with Crippen LogP contribution in [0.3, 0.4) is 0 Å². The molecule has 1 N–H and O–H groups in total. The van der Waals surface area contributed by atoms with Crippen molar-refractivity contribution < 1.29 is 4.74 Å². The number of benzene rings is 1. The third kappa shape index (κ3) is 3.56. The van der Waals surface area contributed by atoms with Gasteiger partial charge in [-0.2, -0.15) is 4.68 Å². The van der Waals surface area contributed by atoms with Gasteiger partial charge in [0.2, 0.25) is 5.95 Å².